The summed E-state index contributed by atoms with van der Waals surface area (Å²) < 4.78 is 11.6. The predicted molar refractivity (Wildman–Crippen MR) is 71.7 cm³/mol. The van der Waals surface area contributed by atoms with Gasteiger partial charge < -0.3 is 14.8 Å². The van der Waals surface area contributed by atoms with E-state index in [1.54, 1.807) is 0 Å². The van der Waals surface area contributed by atoms with Crippen LogP contribution in [0.15, 0.2) is 0 Å². The highest BCUT2D eigenvalue weighted by Crippen LogP contribution is 2.39. The van der Waals surface area contributed by atoms with Crippen molar-refractivity contribution in [1.82, 2.24) is 5.32 Å². The van der Waals surface area contributed by atoms with Crippen molar-refractivity contribution in [2.45, 2.75) is 69.6 Å². The molecule has 1 spiro atoms. The fourth-order valence-electron chi connectivity index (χ4n) is 4.05. The quantitative estimate of drug-likeness (QED) is 0.779. The first-order valence-corrected chi connectivity index (χ1v) is 7.75. The summed E-state index contributed by atoms with van der Waals surface area (Å²) in [6, 6.07) is 1.44. The van der Waals surface area contributed by atoms with Crippen molar-refractivity contribution in [2.75, 3.05) is 19.8 Å². The third kappa shape index (κ3) is 2.73. The fourth-order valence-corrected chi connectivity index (χ4v) is 4.05. The molecule has 0 aromatic rings. The number of ether oxygens (including phenoxy) is 2. The fraction of sp³-hybridized carbons (Fsp3) is 1.00. The lowest BCUT2D eigenvalue weighted by atomic mass is 9.75. The van der Waals surface area contributed by atoms with Crippen LogP contribution in [-0.2, 0) is 9.47 Å². The SMILES string of the molecule is CC1CCCC(C2CCOC3(CCOCC3)C2)N1. The van der Waals surface area contributed by atoms with Crippen LogP contribution in [0.5, 0.6) is 0 Å². The normalized spacial score (nSPS) is 40.8. The van der Waals surface area contributed by atoms with Crippen LogP contribution in [0.2, 0.25) is 0 Å². The van der Waals surface area contributed by atoms with Crippen LogP contribution in [0.1, 0.15) is 51.9 Å². The van der Waals surface area contributed by atoms with Gasteiger partial charge in [0.25, 0.3) is 0 Å². The Kier molecular flexibility index (Phi) is 3.92. The van der Waals surface area contributed by atoms with Crippen LogP contribution in [0.3, 0.4) is 0 Å². The molecule has 3 fully saturated rings. The molecule has 18 heavy (non-hydrogen) atoms. The maximum absolute atomic E-state index is 6.15. The molecule has 0 aromatic carbocycles. The average Bonchev–Trinajstić information content (AvgIpc) is 2.40. The smallest absolute Gasteiger partial charge is 0.0729 e. The molecule has 0 aromatic heterocycles. The van der Waals surface area contributed by atoms with Gasteiger partial charge in [-0.2, -0.15) is 0 Å². The third-order valence-electron chi connectivity index (χ3n) is 5.16. The van der Waals surface area contributed by atoms with E-state index in [2.05, 4.69) is 12.2 Å². The molecule has 3 heterocycles. The monoisotopic (exact) mass is 253 g/mol. The summed E-state index contributed by atoms with van der Waals surface area (Å²) in [6.45, 7) is 5.06. The summed E-state index contributed by atoms with van der Waals surface area (Å²) in [5.41, 5.74) is 0.156. The van der Waals surface area contributed by atoms with Gasteiger partial charge >= 0.3 is 0 Å². The number of hydrogen-bond donors (Lipinski definition) is 1. The van der Waals surface area contributed by atoms with Crippen LogP contribution in [-0.4, -0.2) is 37.5 Å². The van der Waals surface area contributed by atoms with Gasteiger partial charge in [-0.05, 0) is 51.4 Å². The third-order valence-corrected chi connectivity index (χ3v) is 5.16. The number of hydrogen-bond acceptors (Lipinski definition) is 3. The van der Waals surface area contributed by atoms with E-state index in [4.69, 9.17) is 9.47 Å². The Labute approximate surface area is 111 Å². The first kappa shape index (κ1) is 12.9. The summed E-state index contributed by atoms with van der Waals surface area (Å²) in [5.74, 6) is 0.819. The highest BCUT2D eigenvalue weighted by Gasteiger charge is 2.41. The Morgan fingerprint density at radius 3 is 2.67 bits per heavy atom. The van der Waals surface area contributed by atoms with Crippen molar-refractivity contribution in [2.24, 2.45) is 5.92 Å². The molecular formula is C15H27NO2. The molecule has 0 amide bonds. The second kappa shape index (κ2) is 5.48. The Hall–Kier alpha value is -0.120. The molecule has 0 saturated carbocycles. The number of rotatable bonds is 1. The van der Waals surface area contributed by atoms with Crippen LogP contribution < -0.4 is 5.32 Å². The summed E-state index contributed by atoms with van der Waals surface area (Å²) in [4.78, 5) is 0. The zero-order chi connectivity index (χ0) is 12.4. The van der Waals surface area contributed by atoms with E-state index in [1.807, 2.05) is 0 Å². The number of piperidine rings is 1. The summed E-state index contributed by atoms with van der Waals surface area (Å²) in [7, 11) is 0. The number of nitrogens with one attached hydrogen (secondary N) is 1. The molecular weight excluding hydrogens is 226 g/mol. The molecule has 104 valence electrons. The van der Waals surface area contributed by atoms with Gasteiger partial charge in [-0.3, -0.25) is 0 Å². The van der Waals surface area contributed by atoms with E-state index in [1.165, 1.54) is 32.1 Å². The second-order valence-electron chi connectivity index (χ2n) is 6.50. The van der Waals surface area contributed by atoms with Gasteiger partial charge in [0.1, 0.15) is 0 Å². The van der Waals surface area contributed by atoms with Crippen LogP contribution >= 0.6 is 0 Å². The Morgan fingerprint density at radius 2 is 1.89 bits per heavy atom. The van der Waals surface area contributed by atoms with E-state index >= 15 is 0 Å². The lowest BCUT2D eigenvalue weighted by molar-refractivity contribution is -0.151. The van der Waals surface area contributed by atoms with E-state index in [0.29, 0.717) is 6.04 Å². The molecule has 3 aliphatic heterocycles. The van der Waals surface area contributed by atoms with Crippen LogP contribution in [0.4, 0.5) is 0 Å². The first-order valence-electron chi connectivity index (χ1n) is 7.75. The van der Waals surface area contributed by atoms with E-state index in [9.17, 15) is 0 Å². The van der Waals surface area contributed by atoms with Gasteiger partial charge in [-0.1, -0.05) is 6.42 Å². The van der Waals surface area contributed by atoms with E-state index < -0.39 is 0 Å². The zero-order valence-electron chi connectivity index (χ0n) is 11.6. The summed E-state index contributed by atoms with van der Waals surface area (Å²) in [5, 5.41) is 3.82. The Morgan fingerprint density at radius 1 is 1.06 bits per heavy atom. The largest absolute Gasteiger partial charge is 0.381 e. The van der Waals surface area contributed by atoms with Gasteiger partial charge in [0.05, 0.1) is 5.60 Å². The highest BCUT2D eigenvalue weighted by atomic mass is 16.5. The zero-order valence-corrected chi connectivity index (χ0v) is 11.6. The van der Waals surface area contributed by atoms with Gasteiger partial charge in [-0.15, -0.1) is 0 Å². The lowest BCUT2D eigenvalue weighted by Crippen LogP contribution is -2.52. The molecule has 0 aliphatic carbocycles. The highest BCUT2D eigenvalue weighted by molar-refractivity contribution is 4.94. The van der Waals surface area contributed by atoms with Crippen molar-refractivity contribution in [1.29, 1.82) is 0 Å². The minimum Gasteiger partial charge on any atom is -0.381 e. The van der Waals surface area contributed by atoms with Crippen molar-refractivity contribution in [3.05, 3.63) is 0 Å². The molecule has 0 bridgehead atoms. The molecule has 3 atom stereocenters. The molecule has 3 heteroatoms. The summed E-state index contributed by atoms with van der Waals surface area (Å²) >= 11 is 0. The maximum atomic E-state index is 6.15. The van der Waals surface area contributed by atoms with Gasteiger partial charge in [-0.25, -0.2) is 0 Å². The van der Waals surface area contributed by atoms with Crippen molar-refractivity contribution >= 4 is 0 Å². The molecule has 3 nitrogen and oxygen atoms in total. The van der Waals surface area contributed by atoms with Crippen molar-refractivity contribution in [3.63, 3.8) is 0 Å². The second-order valence-corrected chi connectivity index (χ2v) is 6.50. The first-order chi connectivity index (χ1) is 8.77. The minimum atomic E-state index is 0.156. The molecule has 3 saturated heterocycles. The lowest BCUT2D eigenvalue weighted by Gasteiger charge is -2.46. The van der Waals surface area contributed by atoms with Gasteiger partial charge in [0.2, 0.25) is 0 Å². The Balaban J connectivity index is 1.62. The van der Waals surface area contributed by atoms with E-state index in [0.717, 1.165) is 44.6 Å². The topological polar surface area (TPSA) is 30.5 Å². The minimum absolute atomic E-state index is 0.156. The van der Waals surface area contributed by atoms with E-state index in [-0.39, 0.29) is 5.60 Å². The molecule has 3 aliphatic rings. The van der Waals surface area contributed by atoms with Crippen LogP contribution in [0.25, 0.3) is 0 Å². The Bertz CT molecular complexity index is 270. The van der Waals surface area contributed by atoms with Crippen molar-refractivity contribution in [3.8, 4) is 0 Å². The maximum Gasteiger partial charge on any atom is 0.0729 e. The summed E-state index contributed by atoms with van der Waals surface area (Å²) in [6.07, 6.45) is 8.80. The van der Waals surface area contributed by atoms with Crippen LogP contribution in [0, 0.1) is 5.92 Å². The predicted octanol–water partition coefficient (Wildman–Crippen LogP) is 2.49. The standard InChI is InChI=1S/C15H27NO2/c1-12-3-2-4-14(16-12)13-5-8-18-15(11-13)6-9-17-10-7-15/h12-14,16H,2-11H2,1H3. The molecule has 3 unspecified atom stereocenters. The molecule has 1 N–H and O–H groups in total. The average molecular weight is 253 g/mol. The van der Waals surface area contributed by atoms with Crippen molar-refractivity contribution < 1.29 is 9.47 Å². The van der Waals surface area contributed by atoms with Gasteiger partial charge in [0, 0.05) is 31.9 Å². The van der Waals surface area contributed by atoms with Gasteiger partial charge in [0.15, 0.2) is 0 Å². The molecule has 0 radical (unpaired) electrons. The molecule has 3 rings (SSSR count).